The van der Waals surface area contributed by atoms with E-state index in [1.807, 2.05) is 31.1 Å². The number of rotatable bonds is 6. The number of benzene rings is 1. The predicted octanol–water partition coefficient (Wildman–Crippen LogP) is 1.71. The molecule has 0 saturated carbocycles. The lowest BCUT2D eigenvalue weighted by atomic mass is 10.0. The van der Waals surface area contributed by atoms with E-state index < -0.39 is 0 Å². The summed E-state index contributed by atoms with van der Waals surface area (Å²) in [5, 5.41) is 9.13. The average molecular weight is 264 g/mol. The summed E-state index contributed by atoms with van der Waals surface area (Å²) in [7, 11) is 8.49. The molecule has 0 fully saturated rings. The molecule has 104 valence electrons. The first kappa shape index (κ1) is 15.1. The first-order chi connectivity index (χ1) is 9.07. The van der Waals surface area contributed by atoms with Gasteiger partial charge in [0.15, 0.2) is 11.5 Å². The Morgan fingerprint density at radius 1 is 1.11 bits per heavy atom. The minimum atomic E-state index is -0.192. The molecule has 5 nitrogen and oxygen atoms in total. The van der Waals surface area contributed by atoms with Gasteiger partial charge in [-0.15, -0.1) is 0 Å². The molecular formula is C14H20N2O3. The van der Waals surface area contributed by atoms with Gasteiger partial charge < -0.3 is 14.2 Å². The predicted molar refractivity (Wildman–Crippen MR) is 72.9 cm³/mol. The van der Waals surface area contributed by atoms with Crippen molar-refractivity contribution >= 4 is 0 Å². The molecule has 0 bridgehead atoms. The molecule has 1 aromatic carbocycles. The lowest BCUT2D eigenvalue weighted by molar-refractivity contribution is 0.321. The van der Waals surface area contributed by atoms with Gasteiger partial charge in [-0.25, -0.2) is 0 Å². The van der Waals surface area contributed by atoms with Crippen LogP contribution in [0.15, 0.2) is 12.1 Å². The second-order valence-corrected chi connectivity index (χ2v) is 4.35. The number of ether oxygens (including phenoxy) is 3. The summed E-state index contributed by atoms with van der Waals surface area (Å²) in [5.74, 6) is 1.77. The zero-order valence-electron chi connectivity index (χ0n) is 12.1. The molecule has 19 heavy (non-hydrogen) atoms. The van der Waals surface area contributed by atoms with Gasteiger partial charge in [-0.3, -0.25) is 4.90 Å². The number of methoxy groups -OCH3 is 3. The van der Waals surface area contributed by atoms with Gasteiger partial charge in [-0.05, 0) is 31.8 Å². The fraction of sp³-hybridized carbons (Fsp3) is 0.500. The number of hydrogen-bond acceptors (Lipinski definition) is 5. The van der Waals surface area contributed by atoms with Gasteiger partial charge in [0.2, 0.25) is 5.75 Å². The molecule has 0 aliphatic heterocycles. The minimum Gasteiger partial charge on any atom is -0.493 e. The van der Waals surface area contributed by atoms with Gasteiger partial charge in [-0.1, -0.05) is 0 Å². The second-order valence-electron chi connectivity index (χ2n) is 4.35. The Hall–Kier alpha value is -1.93. The van der Waals surface area contributed by atoms with Crippen LogP contribution in [0.2, 0.25) is 0 Å². The Bertz CT molecular complexity index is 441. The van der Waals surface area contributed by atoms with E-state index in [4.69, 9.17) is 19.5 Å². The molecule has 1 aromatic rings. The summed E-state index contributed by atoms with van der Waals surface area (Å²) in [4.78, 5) is 1.88. The van der Waals surface area contributed by atoms with Gasteiger partial charge in [-0.2, -0.15) is 5.26 Å². The monoisotopic (exact) mass is 264 g/mol. The van der Waals surface area contributed by atoms with Crippen LogP contribution in [0, 0.1) is 11.3 Å². The van der Waals surface area contributed by atoms with Crippen LogP contribution in [0.5, 0.6) is 17.2 Å². The second kappa shape index (κ2) is 6.86. The molecule has 1 unspecified atom stereocenters. The van der Waals surface area contributed by atoms with E-state index in [1.165, 1.54) is 0 Å². The fourth-order valence-corrected chi connectivity index (χ4v) is 1.82. The minimum absolute atomic E-state index is 0.192. The van der Waals surface area contributed by atoms with Crippen molar-refractivity contribution < 1.29 is 14.2 Å². The highest BCUT2D eigenvalue weighted by molar-refractivity contribution is 5.54. The van der Waals surface area contributed by atoms with Crippen LogP contribution in [0.3, 0.4) is 0 Å². The Morgan fingerprint density at radius 3 is 1.95 bits per heavy atom. The molecule has 0 spiro atoms. The first-order valence-corrected chi connectivity index (χ1v) is 5.92. The molecule has 0 aromatic heterocycles. The summed E-state index contributed by atoms with van der Waals surface area (Å²) in [6.07, 6.45) is 0.597. The van der Waals surface area contributed by atoms with Crippen molar-refractivity contribution in [2.45, 2.75) is 12.5 Å². The van der Waals surface area contributed by atoms with Crippen molar-refractivity contribution in [3.8, 4) is 23.3 Å². The number of likely N-dealkylation sites (N-methyl/N-ethyl adjacent to an activating group) is 1. The number of nitriles is 1. The Balaban J connectivity index is 3.13. The quantitative estimate of drug-likeness (QED) is 0.783. The highest BCUT2D eigenvalue weighted by atomic mass is 16.5. The maximum atomic E-state index is 9.13. The summed E-state index contributed by atoms with van der Waals surface area (Å²) >= 11 is 0. The molecule has 0 saturated heterocycles. The van der Waals surface area contributed by atoms with E-state index in [-0.39, 0.29) is 6.04 Å². The maximum Gasteiger partial charge on any atom is 0.203 e. The van der Waals surface area contributed by atoms with Crippen LogP contribution in [0.1, 0.15) is 5.56 Å². The van der Waals surface area contributed by atoms with Gasteiger partial charge in [0.05, 0.1) is 27.4 Å². The van der Waals surface area contributed by atoms with E-state index in [1.54, 1.807) is 21.3 Å². The van der Waals surface area contributed by atoms with E-state index in [0.29, 0.717) is 23.7 Å². The van der Waals surface area contributed by atoms with Crippen LogP contribution in [-0.4, -0.2) is 46.4 Å². The van der Waals surface area contributed by atoms with Gasteiger partial charge in [0.1, 0.15) is 6.04 Å². The third kappa shape index (κ3) is 3.52. The van der Waals surface area contributed by atoms with E-state index in [9.17, 15) is 0 Å². The van der Waals surface area contributed by atoms with Crippen molar-refractivity contribution in [1.82, 2.24) is 4.90 Å². The SMILES string of the molecule is COc1cc(CC(C#N)N(C)C)cc(OC)c1OC. The third-order valence-electron chi connectivity index (χ3n) is 2.93. The highest BCUT2D eigenvalue weighted by Gasteiger charge is 2.16. The lowest BCUT2D eigenvalue weighted by Crippen LogP contribution is -2.28. The van der Waals surface area contributed by atoms with Crippen LogP contribution in [0.25, 0.3) is 0 Å². The van der Waals surface area contributed by atoms with Crippen molar-refractivity contribution in [1.29, 1.82) is 5.26 Å². The summed E-state index contributed by atoms with van der Waals surface area (Å²) < 4.78 is 15.9. The van der Waals surface area contributed by atoms with Gasteiger partial charge in [0.25, 0.3) is 0 Å². The van der Waals surface area contributed by atoms with Crippen molar-refractivity contribution in [3.63, 3.8) is 0 Å². The van der Waals surface area contributed by atoms with E-state index in [2.05, 4.69) is 6.07 Å². The molecule has 5 heteroatoms. The molecular weight excluding hydrogens is 244 g/mol. The van der Waals surface area contributed by atoms with Gasteiger partial charge >= 0.3 is 0 Å². The summed E-state index contributed by atoms with van der Waals surface area (Å²) in [6.45, 7) is 0. The molecule has 1 atom stereocenters. The Labute approximate surface area is 114 Å². The zero-order chi connectivity index (χ0) is 14.4. The van der Waals surface area contributed by atoms with Crippen LogP contribution >= 0.6 is 0 Å². The van der Waals surface area contributed by atoms with E-state index in [0.717, 1.165) is 5.56 Å². The maximum absolute atomic E-state index is 9.13. The van der Waals surface area contributed by atoms with Crippen molar-refractivity contribution in [3.05, 3.63) is 17.7 Å². The third-order valence-corrected chi connectivity index (χ3v) is 2.93. The molecule has 0 heterocycles. The average Bonchev–Trinajstić information content (AvgIpc) is 2.42. The van der Waals surface area contributed by atoms with Gasteiger partial charge in [0, 0.05) is 6.42 Å². The topological polar surface area (TPSA) is 54.7 Å². The molecule has 0 aliphatic rings. The van der Waals surface area contributed by atoms with Crippen LogP contribution in [0.4, 0.5) is 0 Å². The summed E-state index contributed by atoms with van der Waals surface area (Å²) in [5.41, 5.74) is 0.967. The largest absolute Gasteiger partial charge is 0.493 e. The standard InChI is InChI=1S/C14H20N2O3/c1-16(2)11(9-15)6-10-7-12(17-3)14(19-5)13(8-10)18-4/h7-8,11H,6H2,1-5H3. The first-order valence-electron chi connectivity index (χ1n) is 5.92. The van der Waals surface area contributed by atoms with E-state index >= 15 is 0 Å². The smallest absolute Gasteiger partial charge is 0.203 e. The molecule has 1 rings (SSSR count). The highest BCUT2D eigenvalue weighted by Crippen LogP contribution is 2.38. The Morgan fingerprint density at radius 2 is 1.63 bits per heavy atom. The summed E-state index contributed by atoms with van der Waals surface area (Å²) in [6, 6.07) is 5.82. The molecule has 0 amide bonds. The molecule has 0 radical (unpaired) electrons. The van der Waals surface area contributed by atoms with Crippen LogP contribution < -0.4 is 14.2 Å². The molecule has 0 N–H and O–H groups in total. The zero-order valence-corrected chi connectivity index (χ0v) is 12.1. The number of hydrogen-bond donors (Lipinski definition) is 0. The Kier molecular flexibility index (Phi) is 5.46. The molecule has 0 aliphatic carbocycles. The lowest BCUT2D eigenvalue weighted by Gasteiger charge is -2.19. The normalized spacial score (nSPS) is 11.8. The van der Waals surface area contributed by atoms with Crippen molar-refractivity contribution in [2.24, 2.45) is 0 Å². The number of nitrogens with zero attached hydrogens (tertiary/aromatic N) is 2. The van der Waals surface area contributed by atoms with Crippen molar-refractivity contribution in [2.75, 3.05) is 35.4 Å². The fourth-order valence-electron chi connectivity index (χ4n) is 1.82. The van der Waals surface area contributed by atoms with Crippen LogP contribution in [-0.2, 0) is 6.42 Å².